The maximum Gasteiger partial charge on any atom is 0.221 e. The van der Waals surface area contributed by atoms with Crippen LogP contribution in [0.15, 0.2) is 18.2 Å². The molecule has 1 amide bonds. The smallest absolute Gasteiger partial charge is 0.221 e. The monoisotopic (exact) mass is 347 g/mol. The third kappa shape index (κ3) is 5.71. The van der Waals surface area contributed by atoms with Crippen LogP contribution >= 0.6 is 12.4 Å². The molecule has 1 aromatic rings. The zero-order valence-electron chi connectivity index (χ0n) is 13.1. The van der Waals surface area contributed by atoms with Gasteiger partial charge in [-0.2, -0.15) is 0 Å². The number of rotatable bonds is 6. The van der Waals surface area contributed by atoms with Gasteiger partial charge in [0.2, 0.25) is 5.91 Å². The van der Waals surface area contributed by atoms with E-state index in [2.05, 4.69) is 10.2 Å². The van der Waals surface area contributed by atoms with E-state index in [9.17, 15) is 13.6 Å². The third-order valence-electron chi connectivity index (χ3n) is 4.06. The number of hydrogen-bond acceptors (Lipinski definition) is 3. The quantitative estimate of drug-likeness (QED) is 0.829. The summed E-state index contributed by atoms with van der Waals surface area (Å²) in [5.74, 6) is -1.66. The summed E-state index contributed by atoms with van der Waals surface area (Å²) in [5.41, 5.74) is 5.71. The fourth-order valence-corrected chi connectivity index (χ4v) is 2.84. The van der Waals surface area contributed by atoms with Crippen LogP contribution in [-0.2, 0) is 11.3 Å². The van der Waals surface area contributed by atoms with E-state index in [4.69, 9.17) is 5.73 Å². The summed E-state index contributed by atoms with van der Waals surface area (Å²) >= 11 is 0. The molecule has 0 aromatic heterocycles. The molecule has 7 heteroatoms. The number of nitrogens with zero attached hydrogens (tertiary/aromatic N) is 1. The molecule has 2 rings (SSSR count). The average Bonchev–Trinajstić information content (AvgIpc) is 2.51. The lowest BCUT2D eigenvalue weighted by Gasteiger charge is -2.36. The van der Waals surface area contributed by atoms with Gasteiger partial charge in [0.15, 0.2) is 11.6 Å². The number of hydrogen-bond donors (Lipinski definition) is 2. The zero-order valence-corrected chi connectivity index (χ0v) is 13.9. The molecule has 1 heterocycles. The number of likely N-dealkylation sites (tertiary alicyclic amines) is 1. The van der Waals surface area contributed by atoms with E-state index in [1.54, 1.807) is 6.07 Å². The molecular weight excluding hydrogens is 324 g/mol. The highest BCUT2D eigenvalue weighted by molar-refractivity contribution is 5.85. The van der Waals surface area contributed by atoms with Crippen molar-refractivity contribution in [3.05, 3.63) is 35.4 Å². The Bertz CT molecular complexity index is 516. The van der Waals surface area contributed by atoms with Crippen LogP contribution in [0.2, 0.25) is 0 Å². The Morgan fingerprint density at radius 2 is 2.13 bits per heavy atom. The van der Waals surface area contributed by atoms with E-state index in [1.807, 2.05) is 0 Å². The fourth-order valence-electron chi connectivity index (χ4n) is 2.84. The van der Waals surface area contributed by atoms with Crippen molar-refractivity contribution in [1.29, 1.82) is 0 Å². The number of halogens is 3. The molecule has 0 spiro atoms. The molecule has 1 fully saturated rings. The van der Waals surface area contributed by atoms with Crippen LogP contribution in [0, 0.1) is 11.6 Å². The van der Waals surface area contributed by atoms with Gasteiger partial charge in [0.1, 0.15) is 0 Å². The van der Waals surface area contributed by atoms with E-state index < -0.39 is 11.6 Å². The summed E-state index contributed by atoms with van der Waals surface area (Å²) in [6.45, 7) is 2.04. The third-order valence-corrected chi connectivity index (χ3v) is 4.06. The largest absolute Gasteiger partial charge is 0.354 e. The lowest BCUT2D eigenvalue weighted by atomic mass is 10.0. The van der Waals surface area contributed by atoms with Crippen molar-refractivity contribution in [2.75, 3.05) is 19.6 Å². The standard InChI is InChI=1S/C16H23F2N3O.ClH/c17-14-6-3-4-12(16(14)18)11-21-9-2-1-5-13(21)10-20-15(22)7-8-19;/h3-4,6,13H,1-2,5,7-11,19H2,(H,20,22);1H. The van der Waals surface area contributed by atoms with Gasteiger partial charge in [-0.05, 0) is 25.5 Å². The second-order valence-corrected chi connectivity index (χ2v) is 5.68. The predicted molar refractivity (Wildman–Crippen MR) is 88.3 cm³/mol. The van der Waals surface area contributed by atoms with Crippen LogP contribution < -0.4 is 11.1 Å². The Balaban J connectivity index is 0.00000264. The van der Waals surface area contributed by atoms with Crippen molar-refractivity contribution in [3.8, 4) is 0 Å². The van der Waals surface area contributed by atoms with Gasteiger partial charge in [0, 0.05) is 37.7 Å². The van der Waals surface area contributed by atoms with E-state index in [0.29, 0.717) is 31.6 Å². The van der Waals surface area contributed by atoms with Gasteiger partial charge in [-0.1, -0.05) is 18.6 Å². The number of carbonyl (C=O) groups excluding carboxylic acids is 1. The molecule has 23 heavy (non-hydrogen) atoms. The van der Waals surface area contributed by atoms with Gasteiger partial charge < -0.3 is 11.1 Å². The number of carbonyl (C=O) groups is 1. The molecule has 130 valence electrons. The molecule has 0 aliphatic carbocycles. The first-order valence-corrected chi connectivity index (χ1v) is 7.75. The van der Waals surface area contributed by atoms with Gasteiger partial charge in [-0.25, -0.2) is 8.78 Å². The second-order valence-electron chi connectivity index (χ2n) is 5.68. The molecular formula is C16H24ClF2N3O. The average molecular weight is 348 g/mol. The van der Waals surface area contributed by atoms with Crippen molar-refractivity contribution in [1.82, 2.24) is 10.2 Å². The summed E-state index contributed by atoms with van der Waals surface area (Å²) in [6, 6.07) is 4.41. The Kier molecular flexibility index (Phi) is 8.44. The SMILES string of the molecule is Cl.NCCC(=O)NCC1CCCCN1Cc1cccc(F)c1F. The van der Waals surface area contributed by atoms with Crippen LogP contribution in [0.25, 0.3) is 0 Å². The minimum Gasteiger partial charge on any atom is -0.354 e. The normalized spacial score (nSPS) is 18.3. The molecule has 4 nitrogen and oxygen atoms in total. The number of nitrogens with one attached hydrogen (secondary N) is 1. The molecule has 1 unspecified atom stereocenters. The van der Waals surface area contributed by atoms with Crippen molar-refractivity contribution < 1.29 is 13.6 Å². The van der Waals surface area contributed by atoms with Gasteiger partial charge in [-0.3, -0.25) is 9.69 Å². The molecule has 1 aliphatic rings. The minimum atomic E-state index is -0.817. The summed E-state index contributed by atoms with van der Waals surface area (Å²) < 4.78 is 27.1. The van der Waals surface area contributed by atoms with Crippen LogP contribution in [-0.4, -0.2) is 36.5 Å². The predicted octanol–water partition coefficient (Wildman–Crippen LogP) is 2.21. The highest BCUT2D eigenvalue weighted by Gasteiger charge is 2.24. The Hall–Kier alpha value is -1.24. The summed E-state index contributed by atoms with van der Waals surface area (Å²) in [7, 11) is 0. The highest BCUT2D eigenvalue weighted by Crippen LogP contribution is 2.21. The van der Waals surface area contributed by atoms with Gasteiger partial charge >= 0.3 is 0 Å². The molecule has 0 saturated carbocycles. The van der Waals surface area contributed by atoms with Gasteiger partial charge in [0.25, 0.3) is 0 Å². The topological polar surface area (TPSA) is 58.4 Å². The molecule has 0 radical (unpaired) electrons. The first kappa shape index (κ1) is 19.8. The lowest BCUT2D eigenvalue weighted by Crippen LogP contribution is -2.46. The maximum absolute atomic E-state index is 13.8. The Morgan fingerprint density at radius 3 is 2.87 bits per heavy atom. The lowest BCUT2D eigenvalue weighted by molar-refractivity contribution is -0.121. The molecule has 1 atom stereocenters. The van der Waals surface area contributed by atoms with E-state index in [1.165, 1.54) is 6.07 Å². The van der Waals surface area contributed by atoms with Crippen molar-refractivity contribution in [2.45, 2.75) is 38.3 Å². The molecule has 1 saturated heterocycles. The Morgan fingerprint density at radius 1 is 1.35 bits per heavy atom. The molecule has 1 aromatic carbocycles. The summed E-state index contributed by atoms with van der Waals surface area (Å²) in [6.07, 6.45) is 3.37. The van der Waals surface area contributed by atoms with Crippen LogP contribution in [0.5, 0.6) is 0 Å². The summed E-state index contributed by atoms with van der Waals surface area (Å²) in [4.78, 5) is 13.6. The van der Waals surface area contributed by atoms with Crippen LogP contribution in [0.1, 0.15) is 31.2 Å². The number of piperidine rings is 1. The molecule has 1 aliphatic heterocycles. The van der Waals surface area contributed by atoms with Gasteiger partial charge in [-0.15, -0.1) is 12.4 Å². The molecule has 0 bridgehead atoms. The minimum absolute atomic E-state index is 0. The second kappa shape index (κ2) is 9.80. The maximum atomic E-state index is 13.8. The zero-order chi connectivity index (χ0) is 15.9. The summed E-state index contributed by atoms with van der Waals surface area (Å²) in [5, 5.41) is 2.87. The van der Waals surface area contributed by atoms with E-state index in [0.717, 1.165) is 31.9 Å². The fraction of sp³-hybridized carbons (Fsp3) is 0.562. The van der Waals surface area contributed by atoms with E-state index in [-0.39, 0.29) is 24.4 Å². The van der Waals surface area contributed by atoms with Crippen molar-refractivity contribution in [2.24, 2.45) is 5.73 Å². The van der Waals surface area contributed by atoms with Crippen LogP contribution in [0.4, 0.5) is 8.78 Å². The molecule has 3 N–H and O–H groups in total. The number of amides is 1. The van der Waals surface area contributed by atoms with Gasteiger partial charge in [0.05, 0.1) is 0 Å². The van der Waals surface area contributed by atoms with Crippen LogP contribution in [0.3, 0.4) is 0 Å². The number of benzene rings is 1. The van der Waals surface area contributed by atoms with Crippen molar-refractivity contribution in [3.63, 3.8) is 0 Å². The first-order chi connectivity index (χ1) is 10.6. The van der Waals surface area contributed by atoms with E-state index >= 15 is 0 Å². The number of nitrogens with two attached hydrogens (primary N) is 1. The first-order valence-electron chi connectivity index (χ1n) is 7.75. The highest BCUT2D eigenvalue weighted by atomic mass is 35.5. The Labute approximate surface area is 141 Å². The van der Waals surface area contributed by atoms with Crippen molar-refractivity contribution >= 4 is 18.3 Å².